The summed E-state index contributed by atoms with van der Waals surface area (Å²) < 4.78 is 2.70. The summed E-state index contributed by atoms with van der Waals surface area (Å²) in [4.78, 5) is 12.3. The molecule has 4 aromatic heterocycles. The minimum absolute atomic E-state index is 0.982. The van der Waals surface area contributed by atoms with Crippen LogP contribution in [0.2, 0.25) is 0 Å². The van der Waals surface area contributed by atoms with E-state index < -0.39 is 0 Å². The molecule has 4 heteroatoms. The number of nitrogens with one attached hydrogen (secondary N) is 3. The van der Waals surface area contributed by atoms with Crippen molar-refractivity contribution in [2.24, 2.45) is 0 Å². The largest absolute Gasteiger partial charge is 0.353 e. The summed E-state index contributed by atoms with van der Waals surface area (Å²) in [6.07, 6.45) is 2.27. The molecule has 0 aliphatic carbocycles. The van der Waals surface area contributed by atoms with Gasteiger partial charge in [0.2, 0.25) is 0 Å². The van der Waals surface area contributed by atoms with Gasteiger partial charge in [-0.15, -0.1) is 0 Å². The molecule has 0 amide bonds. The molecule has 48 heavy (non-hydrogen) atoms. The van der Waals surface area contributed by atoms with Crippen LogP contribution in [0.3, 0.4) is 0 Å². The van der Waals surface area contributed by atoms with Gasteiger partial charge in [0.1, 0.15) is 0 Å². The maximum Gasteiger partial charge on any atom is 0.0579 e. The van der Waals surface area contributed by atoms with Crippen molar-refractivity contribution in [2.75, 3.05) is 0 Å². The van der Waals surface area contributed by atoms with Crippen molar-refractivity contribution >= 4 is 130 Å². The van der Waals surface area contributed by atoms with Crippen molar-refractivity contribution in [3.8, 4) is 0 Å². The number of rotatable bonds is 3. The van der Waals surface area contributed by atoms with Crippen LogP contribution in [0.15, 0.2) is 97.1 Å². The molecule has 0 radical (unpaired) electrons. The van der Waals surface area contributed by atoms with E-state index in [1.165, 1.54) is 130 Å². The normalized spacial score (nSPS) is 13.4. The lowest BCUT2D eigenvalue weighted by atomic mass is 9.89. The molecule has 0 saturated carbocycles. The smallest absolute Gasteiger partial charge is 0.0579 e. The van der Waals surface area contributed by atoms with E-state index in [2.05, 4.69) is 124 Å². The molecule has 3 N–H and O–H groups in total. The highest BCUT2D eigenvalue weighted by molar-refractivity contribution is 6.54. The van der Waals surface area contributed by atoms with Gasteiger partial charge in [0.15, 0.2) is 0 Å². The van der Waals surface area contributed by atoms with Gasteiger partial charge in [-0.25, -0.2) is 0 Å². The van der Waals surface area contributed by atoms with E-state index in [9.17, 15) is 0 Å². The molecule has 0 atom stereocenters. The standard InChI is InChI=1S/C44H28N4/c1-2-3-20-48-43-27-18-10-8-16-25(27)41-33-31-29-30-32-34-36(35(33)43)44(48)28-19-11-9-17-26(28)42(34)47-40(32)24-15-7-5-13-22(24)38(30)45-37(29)21-12-4-6-14-23(21)39(31)46-41/h4-19,45-47H,2-3,20H2,1H3. The second-order valence-corrected chi connectivity index (χ2v) is 14.0. The van der Waals surface area contributed by atoms with E-state index >= 15 is 0 Å². The molecule has 13 aromatic rings. The summed E-state index contributed by atoms with van der Waals surface area (Å²) in [5, 5.41) is 21.2. The lowest BCUT2D eigenvalue weighted by molar-refractivity contribution is 0.667. The maximum absolute atomic E-state index is 4.10. The molecule has 0 aliphatic heterocycles. The third-order valence-electron chi connectivity index (χ3n) is 11.8. The molecule has 0 bridgehead atoms. The molecular weight excluding hydrogens is 585 g/mol. The van der Waals surface area contributed by atoms with Gasteiger partial charge in [0, 0.05) is 92.7 Å². The van der Waals surface area contributed by atoms with Crippen molar-refractivity contribution in [3.05, 3.63) is 97.1 Å². The van der Waals surface area contributed by atoms with Crippen LogP contribution in [0.1, 0.15) is 19.8 Å². The van der Waals surface area contributed by atoms with Crippen LogP contribution in [0, 0.1) is 0 Å². The molecule has 4 nitrogen and oxygen atoms in total. The summed E-state index contributed by atoms with van der Waals surface area (Å²) in [7, 11) is 0. The topological polar surface area (TPSA) is 52.3 Å². The number of nitrogens with zero attached hydrogens (tertiary/aromatic N) is 1. The molecule has 0 fully saturated rings. The molecule has 0 saturated heterocycles. The molecule has 224 valence electrons. The predicted octanol–water partition coefficient (Wildman–Crippen LogP) is 12.4. The van der Waals surface area contributed by atoms with E-state index in [4.69, 9.17) is 0 Å². The Labute approximate surface area is 272 Å². The number of aromatic amines is 3. The highest BCUT2D eigenvalue weighted by Gasteiger charge is 2.31. The van der Waals surface area contributed by atoms with E-state index in [-0.39, 0.29) is 0 Å². The average Bonchev–Trinajstić information content (AvgIpc) is 3.90. The number of aromatic nitrogens is 4. The summed E-state index contributed by atoms with van der Waals surface area (Å²) >= 11 is 0. The monoisotopic (exact) mass is 612 g/mol. The van der Waals surface area contributed by atoms with E-state index in [0.29, 0.717) is 0 Å². The Kier molecular flexibility index (Phi) is 4.00. The van der Waals surface area contributed by atoms with E-state index in [1.807, 2.05) is 0 Å². The van der Waals surface area contributed by atoms with Gasteiger partial charge < -0.3 is 19.5 Å². The van der Waals surface area contributed by atoms with Crippen molar-refractivity contribution in [1.29, 1.82) is 0 Å². The fraction of sp³-hybridized carbons (Fsp3) is 0.0909. The first-order chi connectivity index (χ1) is 23.8. The van der Waals surface area contributed by atoms with Gasteiger partial charge in [0.25, 0.3) is 0 Å². The fourth-order valence-corrected chi connectivity index (χ4v) is 10.1. The van der Waals surface area contributed by atoms with Gasteiger partial charge in [-0.2, -0.15) is 0 Å². The zero-order chi connectivity index (χ0) is 31.0. The Balaban J connectivity index is 1.55. The molecule has 13 rings (SSSR count). The van der Waals surface area contributed by atoms with Crippen molar-refractivity contribution in [3.63, 3.8) is 0 Å². The Morgan fingerprint density at radius 3 is 0.958 bits per heavy atom. The van der Waals surface area contributed by atoms with Gasteiger partial charge in [-0.1, -0.05) is 110 Å². The lowest BCUT2D eigenvalue weighted by Crippen LogP contribution is -1.98. The Morgan fingerprint density at radius 1 is 0.375 bits per heavy atom. The van der Waals surface area contributed by atoms with Crippen LogP contribution in [0.4, 0.5) is 0 Å². The summed E-state index contributed by atoms with van der Waals surface area (Å²) in [5.41, 5.74) is 10.1. The van der Waals surface area contributed by atoms with E-state index in [1.54, 1.807) is 0 Å². The first-order valence-corrected chi connectivity index (χ1v) is 17.3. The molecular formula is C44H28N4. The Hall–Kier alpha value is -6.00. The predicted molar refractivity (Wildman–Crippen MR) is 206 cm³/mol. The molecule has 4 heterocycles. The second kappa shape index (κ2) is 7.92. The van der Waals surface area contributed by atoms with Crippen molar-refractivity contribution in [2.45, 2.75) is 26.3 Å². The molecule has 0 spiro atoms. The van der Waals surface area contributed by atoms with Crippen LogP contribution in [0.5, 0.6) is 0 Å². The quantitative estimate of drug-likeness (QED) is 0.178. The summed E-state index contributed by atoms with van der Waals surface area (Å²) in [6.45, 7) is 3.29. The highest BCUT2D eigenvalue weighted by atomic mass is 15.0. The van der Waals surface area contributed by atoms with Gasteiger partial charge in [0.05, 0.1) is 44.1 Å². The first kappa shape index (κ1) is 24.2. The van der Waals surface area contributed by atoms with Gasteiger partial charge >= 0.3 is 0 Å². The molecule has 0 aliphatic rings. The fourth-order valence-electron chi connectivity index (χ4n) is 10.1. The number of hydrogen-bond acceptors (Lipinski definition) is 0. The summed E-state index contributed by atoms with van der Waals surface area (Å²) in [6, 6.07) is 36.1. The minimum Gasteiger partial charge on any atom is -0.353 e. The molecule has 0 unspecified atom stereocenters. The van der Waals surface area contributed by atoms with Gasteiger partial charge in [-0.05, 0) is 6.42 Å². The van der Waals surface area contributed by atoms with E-state index in [0.717, 1.165) is 19.4 Å². The number of fused-ring (bicyclic) bond motifs is 12. The van der Waals surface area contributed by atoms with Crippen molar-refractivity contribution in [1.82, 2.24) is 19.5 Å². The second-order valence-electron chi connectivity index (χ2n) is 14.0. The zero-order valence-corrected chi connectivity index (χ0v) is 26.3. The number of unbranched alkanes of at least 4 members (excludes halogenated alkanes) is 1. The first-order valence-electron chi connectivity index (χ1n) is 17.3. The van der Waals surface area contributed by atoms with Gasteiger partial charge in [-0.3, -0.25) is 0 Å². The average molecular weight is 613 g/mol. The third kappa shape index (κ3) is 2.44. The van der Waals surface area contributed by atoms with Crippen LogP contribution < -0.4 is 0 Å². The van der Waals surface area contributed by atoms with Crippen LogP contribution in [0.25, 0.3) is 130 Å². The number of H-pyrrole nitrogens is 3. The Morgan fingerprint density at radius 2 is 0.646 bits per heavy atom. The van der Waals surface area contributed by atoms with Crippen LogP contribution >= 0.6 is 0 Å². The van der Waals surface area contributed by atoms with Crippen LogP contribution in [-0.2, 0) is 6.54 Å². The summed E-state index contributed by atoms with van der Waals surface area (Å²) in [5.74, 6) is 0. The Bertz CT molecular complexity index is 3260. The number of benzene rings is 8. The minimum atomic E-state index is 0.982. The molecule has 9 aromatic carbocycles. The van der Waals surface area contributed by atoms with Crippen LogP contribution in [-0.4, -0.2) is 19.5 Å². The SMILES string of the molecule is CCCCn1c2c3ccccc3c3[nH]c4c5ccccc5c5[nH]c6c7ccccc7c7[nH]c8c9ccccc9c1c1c8c7c6c5c4c3c12. The lowest BCUT2D eigenvalue weighted by Gasteiger charge is -2.11. The number of hydrogen-bond donors (Lipinski definition) is 3. The zero-order valence-electron chi connectivity index (χ0n) is 26.3. The highest BCUT2D eigenvalue weighted by Crippen LogP contribution is 2.56. The number of aryl methyl sites for hydroxylation is 1. The maximum atomic E-state index is 4.10. The third-order valence-corrected chi connectivity index (χ3v) is 11.8. The van der Waals surface area contributed by atoms with Crippen molar-refractivity contribution < 1.29 is 0 Å².